The second kappa shape index (κ2) is 8.18. The molecule has 170 valence electrons. The van der Waals surface area contributed by atoms with Crippen LogP contribution in [0.4, 0.5) is 0 Å². The molecule has 0 bridgehead atoms. The van der Waals surface area contributed by atoms with Gasteiger partial charge in [-0.05, 0) is 42.0 Å². The smallest absolute Gasteiger partial charge is 0.258 e. The van der Waals surface area contributed by atoms with Gasteiger partial charge in [0.1, 0.15) is 11.5 Å². The van der Waals surface area contributed by atoms with Crippen LogP contribution in [0.5, 0.6) is 11.5 Å². The maximum atomic E-state index is 13.6. The van der Waals surface area contributed by atoms with Gasteiger partial charge in [-0.25, -0.2) is 0 Å². The first-order chi connectivity index (χ1) is 16.3. The molecule has 0 amide bonds. The van der Waals surface area contributed by atoms with Crippen molar-refractivity contribution in [3.05, 3.63) is 115 Å². The molecule has 0 fully saturated rings. The van der Waals surface area contributed by atoms with Crippen LogP contribution in [0, 0.1) is 0 Å². The molecule has 5 rings (SSSR count). The fourth-order valence-electron chi connectivity index (χ4n) is 4.69. The summed E-state index contributed by atoms with van der Waals surface area (Å²) in [4.78, 5) is 27.3. The average Bonchev–Trinajstić information content (AvgIpc) is 2.85. The highest BCUT2D eigenvalue weighted by atomic mass is 79.9. The molecule has 0 spiro atoms. The molecule has 2 N–H and O–H groups in total. The predicted molar refractivity (Wildman–Crippen MR) is 137 cm³/mol. The average molecular weight is 517 g/mol. The van der Waals surface area contributed by atoms with Crippen LogP contribution in [0.15, 0.2) is 86.9 Å². The summed E-state index contributed by atoms with van der Waals surface area (Å²) in [5, 5.41) is 23.7. The van der Waals surface area contributed by atoms with Gasteiger partial charge in [-0.2, -0.15) is 0 Å². The van der Waals surface area contributed by atoms with Gasteiger partial charge < -0.3 is 19.3 Å². The molecule has 0 saturated carbocycles. The fraction of sp³-hybridized carbons (Fsp3) is 0.111. The van der Waals surface area contributed by atoms with E-state index >= 15 is 0 Å². The van der Waals surface area contributed by atoms with Crippen LogP contribution in [0.25, 0.3) is 21.8 Å². The van der Waals surface area contributed by atoms with Crippen LogP contribution in [0.2, 0.25) is 0 Å². The lowest BCUT2D eigenvalue weighted by Crippen LogP contribution is -2.30. The topological polar surface area (TPSA) is 84.5 Å². The normalized spacial score (nSPS) is 11.5. The van der Waals surface area contributed by atoms with Crippen molar-refractivity contribution in [3.63, 3.8) is 0 Å². The minimum Gasteiger partial charge on any atom is -0.507 e. The lowest BCUT2D eigenvalue weighted by molar-refractivity contribution is 0.460. The highest BCUT2D eigenvalue weighted by Gasteiger charge is 2.32. The second-order valence-electron chi connectivity index (χ2n) is 8.28. The van der Waals surface area contributed by atoms with Crippen LogP contribution in [0.3, 0.4) is 0 Å². The van der Waals surface area contributed by atoms with E-state index < -0.39 is 17.0 Å². The number of aromatic hydroxyl groups is 2. The van der Waals surface area contributed by atoms with Gasteiger partial charge in [-0.3, -0.25) is 9.59 Å². The molecule has 0 aliphatic heterocycles. The third kappa shape index (κ3) is 3.23. The third-order valence-corrected chi connectivity index (χ3v) is 6.87. The van der Waals surface area contributed by atoms with E-state index in [4.69, 9.17) is 0 Å². The van der Waals surface area contributed by atoms with Gasteiger partial charge in [-0.15, -0.1) is 0 Å². The standard InChI is InChI=1S/C27H21BrN2O4/c1-29-19-12-5-3-10-17(19)24(31)22(26(29)33)21(15-8-7-9-16(28)14-15)23-25(32)18-11-4-6-13-20(18)30(2)27(23)34/h3-14,21,31-32H,1-2H3. The Hall–Kier alpha value is -3.84. The van der Waals surface area contributed by atoms with Crippen molar-refractivity contribution in [1.82, 2.24) is 9.13 Å². The van der Waals surface area contributed by atoms with Crippen LogP contribution < -0.4 is 11.1 Å². The highest BCUT2D eigenvalue weighted by Crippen LogP contribution is 2.42. The quantitative estimate of drug-likeness (QED) is 0.362. The number of hydrogen-bond acceptors (Lipinski definition) is 4. The lowest BCUT2D eigenvalue weighted by Gasteiger charge is -2.23. The van der Waals surface area contributed by atoms with E-state index in [1.807, 2.05) is 6.07 Å². The van der Waals surface area contributed by atoms with Crippen molar-refractivity contribution in [1.29, 1.82) is 0 Å². The number of aryl methyl sites for hydroxylation is 2. The molecule has 0 saturated heterocycles. The summed E-state index contributed by atoms with van der Waals surface area (Å²) in [5.74, 6) is -1.43. The minimum absolute atomic E-state index is 0.0296. The maximum Gasteiger partial charge on any atom is 0.258 e. The molecule has 0 aliphatic carbocycles. The van der Waals surface area contributed by atoms with Crippen LogP contribution in [0.1, 0.15) is 22.6 Å². The zero-order chi connectivity index (χ0) is 24.1. The molecule has 34 heavy (non-hydrogen) atoms. The molecule has 7 heteroatoms. The molecule has 0 aliphatic rings. The van der Waals surface area contributed by atoms with Crippen LogP contribution >= 0.6 is 15.9 Å². The first kappa shape index (κ1) is 22.0. The molecule has 0 radical (unpaired) electrons. The number of halogens is 1. The third-order valence-electron chi connectivity index (χ3n) is 6.38. The molecule has 2 heterocycles. The Balaban J connectivity index is 1.98. The second-order valence-corrected chi connectivity index (χ2v) is 9.19. The number of nitrogens with zero attached hydrogens (tertiary/aromatic N) is 2. The summed E-state index contributed by atoms with van der Waals surface area (Å²) in [5.41, 5.74) is 0.880. The van der Waals surface area contributed by atoms with Crippen molar-refractivity contribution in [2.45, 2.75) is 5.92 Å². The van der Waals surface area contributed by atoms with E-state index in [0.717, 1.165) is 4.47 Å². The molecule has 3 aromatic carbocycles. The van der Waals surface area contributed by atoms with Gasteiger partial charge in [0, 0.05) is 29.3 Å². The monoisotopic (exact) mass is 516 g/mol. The number of fused-ring (bicyclic) bond motifs is 2. The Kier molecular flexibility index (Phi) is 5.29. The summed E-state index contributed by atoms with van der Waals surface area (Å²) in [6.45, 7) is 0. The summed E-state index contributed by atoms with van der Waals surface area (Å²) in [6, 6.07) is 21.3. The fourth-order valence-corrected chi connectivity index (χ4v) is 5.11. The van der Waals surface area contributed by atoms with Crippen molar-refractivity contribution >= 4 is 37.7 Å². The lowest BCUT2D eigenvalue weighted by atomic mass is 9.84. The highest BCUT2D eigenvalue weighted by molar-refractivity contribution is 9.10. The van der Waals surface area contributed by atoms with E-state index in [0.29, 0.717) is 27.4 Å². The Morgan fingerprint density at radius 2 is 1.18 bits per heavy atom. The van der Waals surface area contributed by atoms with Gasteiger partial charge >= 0.3 is 0 Å². The maximum absolute atomic E-state index is 13.6. The molecule has 0 unspecified atom stereocenters. The number of rotatable bonds is 3. The molecule has 2 aromatic heterocycles. The number of para-hydroxylation sites is 2. The molecule has 0 atom stereocenters. The summed E-state index contributed by atoms with van der Waals surface area (Å²) in [7, 11) is 3.26. The first-order valence-corrected chi connectivity index (χ1v) is 11.5. The zero-order valence-corrected chi connectivity index (χ0v) is 20.1. The SMILES string of the molecule is Cn1c(=O)c(C(c2cccc(Br)c2)c2c(O)c3ccccc3n(C)c2=O)c(O)c2ccccc21. The largest absolute Gasteiger partial charge is 0.507 e. The van der Waals surface area contributed by atoms with Crippen molar-refractivity contribution in [3.8, 4) is 11.5 Å². The Morgan fingerprint density at radius 1 is 0.706 bits per heavy atom. The first-order valence-electron chi connectivity index (χ1n) is 10.7. The summed E-state index contributed by atoms with van der Waals surface area (Å²) in [6.07, 6.45) is 0. The van der Waals surface area contributed by atoms with E-state index in [9.17, 15) is 19.8 Å². The van der Waals surface area contributed by atoms with Gasteiger partial charge in [0.05, 0.1) is 28.1 Å². The predicted octanol–water partition coefficient (Wildman–Crippen LogP) is 4.74. The van der Waals surface area contributed by atoms with Crippen LogP contribution in [-0.2, 0) is 14.1 Å². The Bertz CT molecular complexity index is 1610. The van der Waals surface area contributed by atoms with Gasteiger partial charge in [-0.1, -0.05) is 52.3 Å². The zero-order valence-electron chi connectivity index (χ0n) is 18.5. The number of aromatic nitrogens is 2. The van der Waals surface area contributed by atoms with Gasteiger partial charge in [0.25, 0.3) is 11.1 Å². The van der Waals surface area contributed by atoms with Crippen molar-refractivity contribution < 1.29 is 10.2 Å². The minimum atomic E-state index is -1.01. The molecular weight excluding hydrogens is 496 g/mol. The Labute approximate surface area is 203 Å². The number of benzene rings is 3. The summed E-state index contributed by atoms with van der Waals surface area (Å²) < 4.78 is 3.65. The van der Waals surface area contributed by atoms with E-state index in [1.165, 1.54) is 9.13 Å². The number of hydrogen-bond donors (Lipinski definition) is 2. The van der Waals surface area contributed by atoms with Gasteiger partial charge in [0.2, 0.25) is 0 Å². The Morgan fingerprint density at radius 3 is 1.65 bits per heavy atom. The van der Waals surface area contributed by atoms with E-state index in [-0.39, 0.29) is 22.6 Å². The molecule has 6 nitrogen and oxygen atoms in total. The van der Waals surface area contributed by atoms with Crippen molar-refractivity contribution in [2.24, 2.45) is 14.1 Å². The van der Waals surface area contributed by atoms with Gasteiger partial charge in [0.15, 0.2) is 0 Å². The number of pyridine rings is 2. The molecular formula is C27H21BrN2O4. The van der Waals surface area contributed by atoms with E-state index in [2.05, 4.69) is 15.9 Å². The van der Waals surface area contributed by atoms with Crippen molar-refractivity contribution in [2.75, 3.05) is 0 Å². The van der Waals surface area contributed by atoms with E-state index in [1.54, 1.807) is 80.8 Å². The van der Waals surface area contributed by atoms with Crippen LogP contribution in [-0.4, -0.2) is 19.3 Å². The summed E-state index contributed by atoms with van der Waals surface area (Å²) >= 11 is 3.47. The molecule has 5 aromatic rings.